The summed E-state index contributed by atoms with van der Waals surface area (Å²) < 4.78 is 28.8. The highest BCUT2D eigenvalue weighted by molar-refractivity contribution is 5.28. The number of nitrogens with two attached hydrogens (primary N) is 1. The van der Waals surface area contributed by atoms with Crippen LogP contribution in [-0.2, 0) is 6.42 Å². The van der Waals surface area contributed by atoms with Crippen molar-refractivity contribution in [2.45, 2.75) is 39.3 Å². The molecule has 0 aliphatic carbocycles. The number of aromatic nitrogens is 2. The van der Waals surface area contributed by atoms with Gasteiger partial charge in [0.25, 0.3) is 0 Å². The molecule has 2 N–H and O–H groups in total. The molecule has 1 heterocycles. The van der Waals surface area contributed by atoms with Crippen molar-refractivity contribution >= 4 is 0 Å². The number of hydrogen-bond acceptors (Lipinski definition) is 2. The Morgan fingerprint density at radius 1 is 1.25 bits per heavy atom. The molecule has 108 valence electrons. The van der Waals surface area contributed by atoms with E-state index in [0.717, 1.165) is 11.8 Å². The Bertz CT molecular complexity index is 605. The molecule has 3 nitrogen and oxygen atoms in total. The first-order valence-electron chi connectivity index (χ1n) is 6.63. The second-order valence-electron chi connectivity index (χ2n) is 5.31. The van der Waals surface area contributed by atoms with Crippen LogP contribution in [0.2, 0.25) is 0 Å². The van der Waals surface area contributed by atoms with Crippen molar-refractivity contribution in [1.29, 1.82) is 0 Å². The highest BCUT2D eigenvalue weighted by Gasteiger charge is 2.16. The summed E-state index contributed by atoms with van der Waals surface area (Å²) in [7, 11) is 0. The van der Waals surface area contributed by atoms with Gasteiger partial charge in [-0.05, 0) is 38.5 Å². The maximum atomic E-state index is 13.8. The number of benzene rings is 1. The molecule has 0 bridgehead atoms. The second-order valence-corrected chi connectivity index (χ2v) is 5.31. The van der Waals surface area contributed by atoms with Gasteiger partial charge in [-0.3, -0.25) is 4.68 Å². The molecule has 5 heteroatoms. The molecule has 0 fully saturated rings. The predicted octanol–water partition coefficient (Wildman–Crippen LogP) is 3.29. The molecule has 0 aliphatic rings. The maximum Gasteiger partial charge on any atom is 0.130 e. The van der Waals surface area contributed by atoms with E-state index in [1.54, 1.807) is 6.92 Å². The summed E-state index contributed by atoms with van der Waals surface area (Å²) in [5, 5.41) is 4.39. The van der Waals surface area contributed by atoms with Crippen LogP contribution in [0.1, 0.15) is 42.8 Å². The quantitative estimate of drug-likeness (QED) is 0.933. The topological polar surface area (TPSA) is 43.8 Å². The molecule has 0 saturated heterocycles. The molecule has 1 aromatic heterocycles. The van der Waals surface area contributed by atoms with Gasteiger partial charge in [0.05, 0.1) is 5.69 Å². The molecule has 0 radical (unpaired) electrons. The van der Waals surface area contributed by atoms with Gasteiger partial charge in [-0.15, -0.1) is 0 Å². The van der Waals surface area contributed by atoms with Crippen molar-refractivity contribution in [1.82, 2.24) is 9.78 Å². The third-order valence-corrected chi connectivity index (χ3v) is 3.30. The molecule has 1 atom stereocenters. The van der Waals surface area contributed by atoms with E-state index in [4.69, 9.17) is 5.73 Å². The van der Waals surface area contributed by atoms with Crippen molar-refractivity contribution < 1.29 is 8.78 Å². The van der Waals surface area contributed by atoms with Gasteiger partial charge in [0.15, 0.2) is 0 Å². The highest BCUT2D eigenvalue weighted by atomic mass is 19.1. The van der Waals surface area contributed by atoms with E-state index < -0.39 is 17.7 Å². The first-order chi connectivity index (χ1) is 9.38. The van der Waals surface area contributed by atoms with E-state index in [0.29, 0.717) is 17.5 Å². The molecule has 0 spiro atoms. The lowest BCUT2D eigenvalue weighted by Crippen LogP contribution is -2.16. The average Bonchev–Trinajstić information content (AvgIpc) is 2.82. The molecule has 2 aromatic rings. The van der Waals surface area contributed by atoms with E-state index in [1.807, 2.05) is 30.8 Å². The fourth-order valence-corrected chi connectivity index (χ4v) is 2.07. The first-order valence-corrected chi connectivity index (χ1v) is 6.63. The van der Waals surface area contributed by atoms with Gasteiger partial charge < -0.3 is 5.73 Å². The average molecular weight is 279 g/mol. The van der Waals surface area contributed by atoms with Crippen molar-refractivity contribution in [3.63, 3.8) is 0 Å². The zero-order valence-corrected chi connectivity index (χ0v) is 11.9. The summed E-state index contributed by atoms with van der Waals surface area (Å²) in [5.41, 5.74) is 7.53. The molecule has 0 amide bonds. The van der Waals surface area contributed by atoms with Crippen molar-refractivity contribution in [3.8, 4) is 0 Å². The lowest BCUT2D eigenvalue weighted by Gasteiger charge is -2.13. The minimum atomic E-state index is -0.608. The lowest BCUT2D eigenvalue weighted by atomic mass is 10.00. The molecule has 1 unspecified atom stereocenters. The zero-order chi connectivity index (χ0) is 14.9. The second kappa shape index (κ2) is 5.71. The third kappa shape index (κ3) is 3.04. The first kappa shape index (κ1) is 14.7. The number of hydrogen-bond donors (Lipinski definition) is 1. The number of halogens is 2. The Balaban J connectivity index is 2.19. The molecule has 2 rings (SSSR count). The van der Waals surface area contributed by atoms with E-state index >= 15 is 0 Å². The number of rotatable bonds is 4. The fourth-order valence-electron chi connectivity index (χ4n) is 2.07. The van der Waals surface area contributed by atoms with E-state index in [2.05, 4.69) is 5.10 Å². The van der Waals surface area contributed by atoms with Crippen molar-refractivity contribution in [2.75, 3.05) is 0 Å². The van der Waals surface area contributed by atoms with Gasteiger partial charge in [0.2, 0.25) is 0 Å². The summed E-state index contributed by atoms with van der Waals surface area (Å²) >= 11 is 0. The van der Waals surface area contributed by atoms with Crippen LogP contribution in [0, 0.1) is 18.6 Å². The summed E-state index contributed by atoms with van der Waals surface area (Å²) in [4.78, 5) is 0. The molecule has 20 heavy (non-hydrogen) atoms. The van der Waals surface area contributed by atoms with Crippen molar-refractivity contribution in [3.05, 3.63) is 52.9 Å². The molecule has 0 aliphatic heterocycles. The molecular formula is C15H19F2N3. The molecule has 0 saturated carbocycles. The fraction of sp³-hybridized carbons (Fsp3) is 0.400. The lowest BCUT2D eigenvalue weighted by molar-refractivity contribution is 0.518. The largest absolute Gasteiger partial charge is 0.324 e. The predicted molar refractivity (Wildman–Crippen MR) is 74.3 cm³/mol. The van der Waals surface area contributed by atoms with E-state index in [1.165, 1.54) is 6.07 Å². The Hall–Kier alpha value is -1.75. The summed E-state index contributed by atoms with van der Waals surface area (Å²) in [5.74, 6) is -1.16. The Kier molecular flexibility index (Phi) is 4.18. The zero-order valence-electron chi connectivity index (χ0n) is 11.9. The Labute approximate surface area is 117 Å². The van der Waals surface area contributed by atoms with Crippen LogP contribution in [-0.4, -0.2) is 9.78 Å². The van der Waals surface area contributed by atoms with Crippen LogP contribution in [0.25, 0.3) is 0 Å². The smallest absolute Gasteiger partial charge is 0.130 e. The Morgan fingerprint density at radius 2 is 1.95 bits per heavy atom. The molecule has 1 aromatic carbocycles. The van der Waals surface area contributed by atoms with Crippen LogP contribution >= 0.6 is 0 Å². The minimum Gasteiger partial charge on any atom is -0.324 e. The Morgan fingerprint density at radius 3 is 2.55 bits per heavy atom. The summed E-state index contributed by atoms with van der Waals surface area (Å²) in [6.45, 7) is 5.65. The SMILES string of the molecule is Cc1cc(C(N)Cc2ccn(C(C)C)n2)c(F)cc1F. The van der Waals surface area contributed by atoms with Gasteiger partial charge in [0.1, 0.15) is 11.6 Å². The van der Waals surface area contributed by atoms with Crippen LogP contribution in [0.3, 0.4) is 0 Å². The van der Waals surface area contributed by atoms with Gasteiger partial charge in [-0.1, -0.05) is 0 Å². The van der Waals surface area contributed by atoms with Crippen LogP contribution in [0.15, 0.2) is 24.4 Å². The van der Waals surface area contributed by atoms with E-state index in [9.17, 15) is 8.78 Å². The number of nitrogens with zero attached hydrogens (tertiary/aromatic N) is 2. The summed E-state index contributed by atoms with van der Waals surface area (Å²) in [6.07, 6.45) is 2.29. The van der Waals surface area contributed by atoms with Crippen LogP contribution in [0.4, 0.5) is 8.78 Å². The standard InChI is InChI=1S/C15H19F2N3/c1-9(2)20-5-4-11(19-20)7-15(18)12-6-10(3)13(16)8-14(12)17/h4-6,8-9,15H,7,18H2,1-3H3. The monoisotopic (exact) mass is 279 g/mol. The number of aryl methyl sites for hydroxylation is 1. The van der Waals surface area contributed by atoms with Gasteiger partial charge >= 0.3 is 0 Å². The van der Waals surface area contributed by atoms with Gasteiger partial charge in [-0.2, -0.15) is 5.10 Å². The third-order valence-electron chi connectivity index (χ3n) is 3.30. The normalized spacial score (nSPS) is 12.9. The van der Waals surface area contributed by atoms with Gasteiger partial charge in [0, 0.05) is 36.3 Å². The van der Waals surface area contributed by atoms with Crippen molar-refractivity contribution in [2.24, 2.45) is 5.73 Å². The maximum absolute atomic E-state index is 13.8. The van der Waals surface area contributed by atoms with Crippen LogP contribution < -0.4 is 5.73 Å². The molecular weight excluding hydrogens is 260 g/mol. The van der Waals surface area contributed by atoms with Gasteiger partial charge in [-0.25, -0.2) is 8.78 Å². The van der Waals surface area contributed by atoms with E-state index in [-0.39, 0.29) is 6.04 Å². The summed E-state index contributed by atoms with van der Waals surface area (Å²) in [6, 6.07) is 3.95. The minimum absolute atomic E-state index is 0.268. The highest BCUT2D eigenvalue weighted by Crippen LogP contribution is 2.22. The van der Waals surface area contributed by atoms with Crippen LogP contribution in [0.5, 0.6) is 0 Å².